The number of hydrogen-bond donors (Lipinski definition) is 1. The lowest BCUT2D eigenvalue weighted by Gasteiger charge is -2.14. The second-order valence-electron chi connectivity index (χ2n) is 9.10. The van der Waals surface area contributed by atoms with Gasteiger partial charge in [-0.1, -0.05) is 30.7 Å². The van der Waals surface area contributed by atoms with Crippen LogP contribution in [-0.2, 0) is 20.9 Å². The van der Waals surface area contributed by atoms with E-state index in [1.807, 2.05) is 6.92 Å². The molecule has 3 amide bonds. The fraction of sp³-hybridized carbons (Fsp3) is 0.200. The molecule has 0 aliphatic carbocycles. The second kappa shape index (κ2) is 14.5. The van der Waals surface area contributed by atoms with E-state index in [0.717, 1.165) is 10.5 Å². The number of esters is 1. The lowest BCUT2D eigenvalue weighted by atomic mass is 10.1. The molecule has 0 bridgehead atoms. The van der Waals surface area contributed by atoms with Crippen molar-refractivity contribution in [3.05, 3.63) is 91.5 Å². The summed E-state index contributed by atoms with van der Waals surface area (Å²) < 4.78 is 30.2. The van der Waals surface area contributed by atoms with Crippen LogP contribution in [0.25, 0.3) is 6.08 Å². The van der Waals surface area contributed by atoms with E-state index in [4.69, 9.17) is 25.8 Å². The number of nitrogens with zero attached hydrogens (tertiary/aromatic N) is 1. The number of carbonyl (C=O) groups excluding carboxylic acids is 4. The Bertz CT molecular complexity index is 1600. The standard InChI is InChI=1S/C30H25BrClFN2O7S/c1-3-10-41-29(38)21-14-20(8-9-23(21)32)34-26(36)15-35-28(37)25(43-30(35)39)13-18-11-22(31)27(24(12-18)40-2)42-16-17-4-6-19(33)7-5-17/h4-9,11-14H,3,10,15-16H2,1-2H3,(H,34,36)/b25-13+. The predicted octanol–water partition coefficient (Wildman–Crippen LogP) is 7.07. The Labute approximate surface area is 264 Å². The van der Waals surface area contributed by atoms with Crippen LogP contribution in [0.4, 0.5) is 14.9 Å². The number of thioether (sulfide) groups is 1. The summed E-state index contributed by atoms with van der Waals surface area (Å²) >= 11 is 10.2. The Morgan fingerprint density at radius 2 is 1.86 bits per heavy atom. The molecule has 13 heteroatoms. The molecule has 4 rings (SSSR count). The third kappa shape index (κ3) is 8.15. The highest BCUT2D eigenvalue weighted by Crippen LogP contribution is 2.39. The molecule has 1 saturated heterocycles. The van der Waals surface area contributed by atoms with Crippen LogP contribution in [0.15, 0.2) is 64.0 Å². The van der Waals surface area contributed by atoms with Gasteiger partial charge >= 0.3 is 5.97 Å². The number of halogens is 3. The third-order valence-corrected chi connectivity index (χ3v) is 7.75. The number of ether oxygens (including phenoxy) is 3. The van der Waals surface area contributed by atoms with Crippen LogP contribution in [-0.4, -0.2) is 48.2 Å². The zero-order valence-electron chi connectivity index (χ0n) is 22.9. The average molecular weight is 692 g/mol. The number of imide groups is 1. The van der Waals surface area contributed by atoms with Crippen molar-refractivity contribution < 1.29 is 37.8 Å². The van der Waals surface area contributed by atoms with E-state index in [-0.39, 0.29) is 40.2 Å². The Morgan fingerprint density at radius 3 is 2.56 bits per heavy atom. The van der Waals surface area contributed by atoms with Gasteiger partial charge in [0.2, 0.25) is 5.91 Å². The molecule has 0 saturated carbocycles. The van der Waals surface area contributed by atoms with Gasteiger partial charge in [0.1, 0.15) is 19.0 Å². The maximum Gasteiger partial charge on any atom is 0.339 e. The Kier molecular flexibility index (Phi) is 10.8. The first kappa shape index (κ1) is 32.1. The van der Waals surface area contributed by atoms with Crippen LogP contribution < -0.4 is 14.8 Å². The van der Waals surface area contributed by atoms with Gasteiger partial charge in [-0.3, -0.25) is 19.3 Å². The molecule has 1 heterocycles. The largest absolute Gasteiger partial charge is 0.493 e. The second-order valence-corrected chi connectivity index (χ2v) is 11.4. The predicted molar refractivity (Wildman–Crippen MR) is 165 cm³/mol. The molecule has 1 N–H and O–H groups in total. The summed E-state index contributed by atoms with van der Waals surface area (Å²) in [7, 11) is 1.46. The van der Waals surface area contributed by atoms with Crippen molar-refractivity contribution in [3.63, 3.8) is 0 Å². The Morgan fingerprint density at radius 1 is 1.12 bits per heavy atom. The molecule has 0 radical (unpaired) electrons. The normalized spacial score (nSPS) is 13.8. The van der Waals surface area contributed by atoms with Gasteiger partial charge in [-0.15, -0.1) is 0 Å². The molecule has 3 aromatic carbocycles. The van der Waals surface area contributed by atoms with Crippen molar-refractivity contribution in [2.24, 2.45) is 0 Å². The van der Waals surface area contributed by atoms with Crippen molar-refractivity contribution in [1.82, 2.24) is 4.90 Å². The van der Waals surface area contributed by atoms with Crippen molar-refractivity contribution >= 4 is 74.1 Å². The molecule has 0 atom stereocenters. The summed E-state index contributed by atoms with van der Waals surface area (Å²) in [6, 6.07) is 13.5. The monoisotopic (exact) mass is 690 g/mol. The number of hydrogen-bond acceptors (Lipinski definition) is 8. The number of amides is 3. The first-order chi connectivity index (χ1) is 20.6. The highest BCUT2D eigenvalue weighted by atomic mass is 79.9. The molecule has 1 fully saturated rings. The number of carbonyl (C=O) groups is 4. The van der Waals surface area contributed by atoms with Crippen LogP contribution in [0, 0.1) is 5.82 Å². The van der Waals surface area contributed by atoms with Gasteiger partial charge < -0.3 is 19.5 Å². The van der Waals surface area contributed by atoms with Crippen molar-refractivity contribution in [1.29, 1.82) is 0 Å². The number of anilines is 1. The highest BCUT2D eigenvalue weighted by Gasteiger charge is 2.36. The molecular weight excluding hydrogens is 667 g/mol. The highest BCUT2D eigenvalue weighted by molar-refractivity contribution is 9.10. The molecule has 1 aliphatic heterocycles. The van der Waals surface area contributed by atoms with Gasteiger partial charge in [0, 0.05) is 5.69 Å². The molecule has 0 aromatic heterocycles. The van der Waals surface area contributed by atoms with E-state index >= 15 is 0 Å². The molecule has 3 aromatic rings. The van der Waals surface area contributed by atoms with Crippen molar-refractivity contribution in [3.8, 4) is 11.5 Å². The van der Waals surface area contributed by atoms with Crippen LogP contribution in [0.5, 0.6) is 11.5 Å². The van der Waals surface area contributed by atoms with Crippen LogP contribution in [0.3, 0.4) is 0 Å². The van der Waals surface area contributed by atoms with Crippen LogP contribution >= 0.6 is 39.3 Å². The molecule has 1 aliphatic rings. The van der Waals surface area contributed by atoms with Gasteiger partial charge in [-0.05, 0) is 93.8 Å². The number of benzene rings is 3. The lowest BCUT2D eigenvalue weighted by molar-refractivity contribution is -0.127. The minimum atomic E-state index is -0.647. The summed E-state index contributed by atoms with van der Waals surface area (Å²) in [6.45, 7) is 1.70. The average Bonchev–Trinajstić information content (AvgIpc) is 3.23. The van der Waals surface area contributed by atoms with Crippen LogP contribution in [0.1, 0.15) is 34.8 Å². The number of rotatable bonds is 11. The Hall–Kier alpha value is -3.87. The number of methoxy groups -OCH3 is 1. The van der Waals surface area contributed by atoms with Gasteiger partial charge in [-0.2, -0.15) is 0 Å². The van der Waals surface area contributed by atoms with Crippen LogP contribution in [0.2, 0.25) is 5.02 Å². The summed E-state index contributed by atoms with van der Waals surface area (Å²) in [5.74, 6) is -1.50. The van der Waals surface area contributed by atoms with E-state index in [9.17, 15) is 23.6 Å². The maximum atomic E-state index is 13.2. The first-order valence-electron chi connectivity index (χ1n) is 12.9. The van der Waals surface area contributed by atoms with E-state index in [1.54, 1.807) is 24.3 Å². The molecule has 0 unspecified atom stereocenters. The van der Waals surface area contributed by atoms with E-state index in [2.05, 4.69) is 21.2 Å². The summed E-state index contributed by atoms with van der Waals surface area (Å²) in [5.41, 5.74) is 1.62. The zero-order chi connectivity index (χ0) is 31.1. The quantitative estimate of drug-likeness (QED) is 0.168. The molecule has 0 spiro atoms. The van der Waals surface area contributed by atoms with Gasteiger partial charge in [0.25, 0.3) is 11.1 Å². The summed E-state index contributed by atoms with van der Waals surface area (Å²) in [5, 5.41) is 2.12. The summed E-state index contributed by atoms with van der Waals surface area (Å²) in [4.78, 5) is 51.6. The van der Waals surface area contributed by atoms with Gasteiger partial charge in [0.05, 0.1) is 33.7 Å². The minimum Gasteiger partial charge on any atom is -0.493 e. The van der Waals surface area contributed by atoms with Crippen molar-refractivity contribution in [2.75, 3.05) is 25.6 Å². The van der Waals surface area contributed by atoms with Gasteiger partial charge in [0.15, 0.2) is 11.5 Å². The maximum absolute atomic E-state index is 13.2. The third-order valence-electron chi connectivity index (χ3n) is 5.93. The van der Waals surface area contributed by atoms with E-state index < -0.39 is 29.6 Å². The molecule has 224 valence electrons. The topological polar surface area (TPSA) is 111 Å². The fourth-order valence-electron chi connectivity index (χ4n) is 3.86. The fourth-order valence-corrected chi connectivity index (χ4v) is 5.47. The lowest BCUT2D eigenvalue weighted by Crippen LogP contribution is -2.36. The molecule has 9 nitrogen and oxygen atoms in total. The smallest absolute Gasteiger partial charge is 0.339 e. The first-order valence-corrected chi connectivity index (χ1v) is 14.8. The number of nitrogens with one attached hydrogen (secondary N) is 1. The Balaban J connectivity index is 1.43. The van der Waals surface area contributed by atoms with Gasteiger partial charge in [-0.25, -0.2) is 9.18 Å². The summed E-state index contributed by atoms with van der Waals surface area (Å²) in [6.07, 6.45) is 2.14. The molecule has 43 heavy (non-hydrogen) atoms. The minimum absolute atomic E-state index is 0.0791. The SMILES string of the molecule is CCCOC(=O)c1cc(NC(=O)CN2C(=O)S/C(=C/c3cc(Br)c(OCc4ccc(F)cc4)c(OC)c3)C2=O)ccc1Cl. The van der Waals surface area contributed by atoms with Crippen molar-refractivity contribution in [2.45, 2.75) is 20.0 Å². The van der Waals surface area contributed by atoms with E-state index in [0.29, 0.717) is 39.7 Å². The zero-order valence-corrected chi connectivity index (χ0v) is 26.1. The van der Waals surface area contributed by atoms with E-state index in [1.165, 1.54) is 43.5 Å². The molecular formula is C30H25BrClFN2O7S.